The molecular formula is C31H33NO3S. The first-order valence-electron chi connectivity index (χ1n) is 13.0. The first-order valence-corrected chi connectivity index (χ1v) is 13.8. The van der Waals surface area contributed by atoms with Crippen LogP contribution in [-0.4, -0.2) is 35.4 Å². The third kappa shape index (κ3) is 5.48. The van der Waals surface area contributed by atoms with Crippen molar-refractivity contribution in [2.45, 2.75) is 45.4 Å². The number of aromatic hydroxyl groups is 1. The summed E-state index contributed by atoms with van der Waals surface area (Å²) in [6.07, 6.45) is 7.13. The second-order valence-electron chi connectivity index (χ2n) is 9.53. The van der Waals surface area contributed by atoms with E-state index in [0.29, 0.717) is 21.9 Å². The van der Waals surface area contributed by atoms with E-state index < -0.39 is 0 Å². The second kappa shape index (κ2) is 11.3. The molecule has 0 amide bonds. The number of hydrogen-bond acceptors (Lipinski definition) is 5. The minimum atomic E-state index is -0.0443. The van der Waals surface area contributed by atoms with Crippen LogP contribution < -0.4 is 4.74 Å². The number of ether oxygens (including phenoxy) is 1. The van der Waals surface area contributed by atoms with Crippen molar-refractivity contribution >= 4 is 27.2 Å². The van der Waals surface area contributed by atoms with Crippen LogP contribution >= 0.6 is 11.3 Å². The predicted octanol–water partition coefficient (Wildman–Crippen LogP) is 7.61. The Morgan fingerprint density at radius 1 is 0.972 bits per heavy atom. The summed E-state index contributed by atoms with van der Waals surface area (Å²) in [5.74, 6) is 1.40. The van der Waals surface area contributed by atoms with Crippen LogP contribution in [0.2, 0.25) is 0 Å². The van der Waals surface area contributed by atoms with E-state index in [4.69, 9.17) is 4.74 Å². The summed E-state index contributed by atoms with van der Waals surface area (Å²) in [6, 6.07) is 21.1. The van der Waals surface area contributed by atoms with Gasteiger partial charge in [-0.2, -0.15) is 0 Å². The molecule has 0 unspecified atom stereocenters. The zero-order chi connectivity index (χ0) is 24.9. The number of phenolic OH excluding ortho intramolecular Hbond substituents is 1. The number of thiophene rings is 1. The molecule has 0 spiro atoms. The normalized spacial score (nSPS) is 14.6. The van der Waals surface area contributed by atoms with E-state index in [0.717, 1.165) is 35.0 Å². The fourth-order valence-electron chi connectivity index (χ4n) is 4.97. The van der Waals surface area contributed by atoms with Crippen molar-refractivity contribution in [3.8, 4) is 17.2 Å². The van der Waals surface area contributed by atoms with E-state index >= 15 is 0 Å². The van der Waals surface area contributed by atoms with E-state index in [1.165, 1.54) is 55.7 Å². The van der Waals surface area contributed by atoms with Gasteiger partial charge in [-0.05, 0) is 80.2 Å². The summed E-state index contributed by atoms with van der Waals surface area (Å²) >= 11 is 1.37. The molecule has 1 N–H and O–H groups in total. The van der Waals surface area contributed by atoms with Crippen molar-refractivity contribution in [2.75, 3.05) is 19.6 Å². The average Bonchev–Trinajstić information content (AvgIpc) is 3.06. The van der Waals surface area contributed by atoms with Crippen molar-refractivity contribution < 1.29 is 14.6 Å². The van der Waals surface area contributed by atoms with E-state index in [9.17, 15) is 9.90 Å². The zero-order valence-corrected chi connectivity index (χ0v) is 21.7. The van der Waals surface area contributed by atoms with Crippen molar-refractivity contribution in [3.63, 3.8) is 0 Å². The maximum Gasteiger partial charge on any atom is 0.207 e. The number of nitrogens with zero attached hydrogens (tertiary/aromatic N) is 1. The predicted molar refractivity (Wildman–Crippen MR) is 148 cm³/mol. The van der Waals surface area contributed by atoms with Crippen LogP contribution in [-0.2, 0) is 12.8 Å². The summed E-state index contributed by atoms with van der Waals surface area (Å²) in [6.45, 7) is 5.56. The molecule has 1 fully saturated rings. The number of benzene rings is 3. The Kier molecular flexibility index (Phi) is 7.69. The molecule has 5 heteroatoms. The molecule has 0 bridgehead atoms. The molecule has 2 heterocycles. The molecular weight excluding hydrogens is 466 g/mol. The Labute approximate surface area is 217 Å². The van der Waals surface area contributed by atoms with E-state index in [1.54, 1.807) is 12.1 Å². The number of carbonyl (C=O) groups is 1. The zero-order valence-electron chi connectivity index (χ0n) is 20.8. The highest BCUT2D eigenvalue weighted by Gasteiger charge is 2.23. The maximum absolute atomic E-state index is 13.7. The van der Waals surface area contributed by atoms with Crippen LogP contribution in [0, 0.1) is 0 Å². The van der Waals surface area contributed by atoms with Gasteiger partial charge < -0.3 is 14.7 Å². The van der Waals surface area contributed by atoms with E-state index in [-0.39, 0.29) is 11.5 Å². The van der Waals surface area contributed by atoms with Crippen LogP contribution in [0.25, 0.3) is 10.1 Å². The molecule has 1 saturated heterocycles. The lowest BCUT2D eigenvalue weighted by Gasteiger charge is -2.19. The minimum absolute atomic E-state index is 0.0443. The summed E-state index contributed by atoms with van der Waals surface area (Å²) < 4.78 is 7.21. The van der Waals surface area contributed by atoms with Gasteiger partial charge in [-0.25, -0.2) is 0 Å². The molecule has 1 aromatic heterocycles. The highest BCUT2D eigenvalue weighted by molar-refractivity contribution is 7.21. The molecule has 5 rings (SSSR count). The van der Waals surface area contributed by atoms with Gasteiger partial charge in [0, 0.05) is 22.2 Å². The largest absolute Gasteiger partial charge is 0.508 e. The molecule has 1 aliphatic rings. The Balaban J connectivity index is 1.39. The van der Waals surface area contributed by atoms with Crippen LogP contribution in [0.1, 0.15) is 59.0 Å². The lowest BCUT2D eigenvalue weighted by atomic mass is 10.0. The van der Waals surface area contributed by atoms with Gasteiger partial charge in [-0.15, -0.1) is 11.3 Å². The van der Waals surface area contributed by atoms with E-state index in [1.807, 2.05) is 42.5 Å². The van der Waals surface area contributed by atoms with Gasteiger partial charge >= 0.3 is 0 Å². The van der Waals surface area contributed by atoms with Gasteiger partial charge in [-0.1, -0.05) is 56.2 Å². The quantitative estimate of drug-likeness (QED) is 0.254. The number of ketones is 1. The molecule has 3 aromatic carbocycles. The van der Waals surface area contributed by atoms with Crippen molar-refractivity contribution in [2.24, 2.45) is 0 Å². The smallest absolute Gasteiger partial charge is 0.207 e. The first-order chi connectivity index (χ1) is 17.6. The number of fused-ring (bicyclic) bond motifs is 1. The maximum atomic E-state index is 13.7. The van der Waals surface area contributed by atoms with Gasteiger partial charge in [0.1, 0.15) is 16.4 Å². The number of phenols is 1. The summed E-state index contributed by atoms with van der Waals surface area (Å²) in [7, 11) is 0. The van der Waals surface area contributed by atoms with Gasteiger partial charge in [0.05, 0.1) is 0 Å². The third-order valence-electron chi connectivity index (χ3n) is 7.04. The lowest BCUT2D eigenvalue weighted by molar-refractivity contribution is 0.104. The van der Waals surface area contributed by atoms with Gasteiger partial charge in [0.25, 0.3) is 0 Å². The molecule has 0 aliphatic carbocycles. The van der Waals surface area contributed by atoms with E-state index in [2.05, 4.69) is 24.0 Å². The topological polar surface area (TPSA) is 49.8 Å². The highest BCUT2D eigenvalue weighted by Crippen LogP contribution is 2.43. The highest BCUT2D eigenvalue weighted by atomic mass is 32.1. The Morgan fingerprint density at radius 3 is 2.47 bits per heavy atom. The molecule has 186 valence electrons. The average molecular weight is 500 g/mol. The molecule has 1 aliphatic heterocycles. The SMILES string of the molecule is CCc1ccccc1C(=O)c1sc2cc(O)ccc2c1Oc1ccc(CCN2CCCCCC2)cc1. The summed E-state index contributed by atoms with van der Waals surface area (Å²) in [5.41, 5.74) is 3.01. The first kappa shape index (κ1) is 24.5. The van der Waals surface area contributed by atoms with Crippen molar-refractivity contribution in [3.05, 3.63) is 88.3 Å². The number of hydrogen-bond donors (Lipinski definition) is 1. The van der Waals surface area contributed by atoms with Crippen LogP contribution in [0.15, 0.2) is 66.7 Å². The van der Waals surface area contributed by atoms with Crippen molar-refractivity contribution in [1.82, 2.24) is 4.90 Å². The number of likely N-dealkylation sites (tertiary alicyclic amines) is 1. The monoisotopic (exact) mass is 499 g/mol. The minimum Gasteiger partial charge on any atom is -0.508 e. The van der Waals surface area contributed by atoms with Gasteiger partial charge in [0.2, 0.25) is 5.78 Å². The Bertz CT molecular complexity index is 1330. The van der Waals surface area contributed by atoms with Crippen LogP contribution in [0.3, 0.4) is 0 Å². The number of carbonyl (C=O) groups excluding carboxylic acids is 1. The van der Waals surface area contributed by atoms with Crippen LogP contribution in [0.4, 0.5) is 0 Å². The molecule has 0 saturated carbocycles. The molecule has 0 radical (unpaired) electrons. The Morgan fingerprint density at radius 2 is 1.72 bits per heavy atom. The lowest BCUT2D eigenvalue weighted by Crippen LogP contribution is -2.26. The second-order valence-corrected chi connectivity index (χ2v) is 10.6. The summed E-state index contributed by atoms with van der Waals surface area (Å²) in [4.78, 5) is 16.8. The molecule has 36 heavy (non-hydrogen) atoms. The summed E-state index contributed by atoms with van der Waals surface area (Å²) in [5, 5.41) is 10.9. The van der Waals surface area contributed by atoms with Crippen LogP contribution in [0.5, 0.6) is 17.2 Å². The fraction of sp³-hybridized carbons (Fsp3) is 0.323. The van der Waals surface area contributed by atoms with Gasteiger partial charge in [-0.3, -0.25) is 4.79 Å². The molecule has 0 atom stereocenters. The fourth-order valence-corrected chi connectivity index (χ4v) is 6.09. The van der Waals surface area contributed by atoms with Gasteiger partial charge in [0.15, 0.2) is 5.75 Å². The molecule has 4 aromatic rings. The standard InChI is InChI=1S/C31H33NO3S/c1-2-23-9-5-6-10-26(23)29(34)31-30(27-16-13-24(33)21-28(27)36-31)35-25-14-11-22(12-15-25)17-20-32-18-7-3-4-8-19-32/h5-6,9-16,21,33H,2-4,7-8,17-20H2,1H3. The van der Waals surface area contributed by atoms with Crippen molar-refractivity contribution in [1.29, 1.82) is 0 Å². The third-order valence-corrected chi connectivity index (χ3v) is 8.17. The number of aryl methyl sites for hydroxylation is 1. The Hall–Kier alpha value is -3.15. The molecule has 4 nitrogen and oxygen atoms in total. The number of rotatable bonds is 8.